The lowest BCUT2D eigenvalue weighted by Crippen LogP contribution is -2.12. The number of benzene rings is 2. The molecule has 0 heterocycles. The Balaban J connectivity index is 2.15. The minimum absolute atomic E-state index is 0.245. The molecular weight excluding hydrogens is 362 g/mol. The maximum atomic E-state index is 12.3. The van der Waals surface area contributed by atoms with E-state index in [-0.39, 0.29) is 4.90 Å². The maximum absolute atomic E-state index is 12.3. The van der Waals surface area contributed by atoms with Gasteiger partial charge in [-0.05, 0) is 61.7 Å². The van der Waals surface area contributed by atoms with E-state index in [1.807, 2.05) is 31.2 Å². The topological polar surface area (TPSA) is 46.2 Å². The van der Waals surface area contributed by atoms with Gasteiger partial charge in [0.05, 0.1) is 4.90 Å². The zero-order valence-electron chi connectivity index (χ0n) is 12.3. The van der Waals surface area contributed by atoms with Gasteiger partial charge in [-0.1, -0.05) is 40.2 Å². The van der Waals surface area contributed by atoms with Crippen molar-refractivity contribution >= 4 is 31.6 Å². The van der Waals surface area contributed by atoms with Crippen LogP contribution < -0.4 is 4.72 Å². The number of aryl methyl sites for hydroxylation is 1. The van der Waals surface area contributed by atoms with E-state index in [0.717, 1.165) is 22.9 Å². The highest BCUT2D eigenvalue weighted by Gasteiger charge is 2.13. The van der Waals surface area contributed by atoms with Gasteiger partial charge in [-0.2, -0.15) is 0 Å². The van der Waals surface area contributed by atoms with E-state index in [0.29, 0.717) is 5.69 Å². The van der Waals surface area contributed by atoms with Crippen LogP contribution in [0.25, 0.3) is 0 Å². The van der Waals surface area contributed by atoms with Crippen LogP contribution in [0.3, 0.4) is 0 Å². The SMILES string of the molecule is C/C=C/CCc1cccc(NS(=O)(=O)c2ccc(Br)cc2)c1. The number of anilines is 1. The molecule has 0 radical (unpaired) electrons. The van der Waals surface area contributed by atoms with E-state index in [1.54, 1.807) is 30.3 Å². The van der Waals surface area contributed by atoms with Gasteiger partial charge in [-0.3, -0.25) is 4.72 Å². The summed E-state index contributed by atoms with van der Waals surface area (Å²) in [5.41, 5.74) is 1.69. The van der Waals surface area contributed by atoms with E-state index < -0.39 is 10.0 Å². The summed E-state index contributed by atoms with van der Waals surface area (Å²) in [5.74, 6) is 0. The maximum Gasteiger partial charge on any atom is 0.261 e. The largest absolute Gasteiger partial charge is 0.280 e. The van der Waals surface area contributed by atoms with E-state index >= 15 is 0 Å². The van der Waals surface area contributed by atoms with Gasteiger partial charge in [0, 0.05) is 10.2 Å². The Morgan fingerprint density at radius 1 is 1.14 bits per heavy atom. The number of allylic oxidation sites excluding steroid dienone is 2. The van der Waals surface area contributed by atoms with Crippen LogP contribution in [-0.4, -0.2) is 8.42 Å². The highest BCUT2D eigenvalue weighted by molar-refractivity contribution is 9.10. The Labute approximate surface area is 140 Å². The van der Waals surface area contributed by atoms with E-state index in [2.05, 4.69) is 26.7 Å². The monoisotopic (exact) mass is 379 g/mol. The van der Waals surface area contributed by atoms with Crippen LogP contribution in [0.4, 0.5) is 5.69 Å². The van der Waals surface area contributed by atoms with Gasteiger partial charge in [-0.25, -0.2) is 8.42 Å². The Morgan fingerprint density at radius 3 is 2.55 bits per heavy atom. The Kier molecular flexibility index (Phi) is 5.80. The number of sulfonamides is 1. The van der Waals surface area contributed by atoms with Crippen LogP contribution in [0.2, 0.25) is 0 Å². The van der Waals surface area contributed by atoms with Gasteiger partial charge in [-0.15, -0.1) is 0 Å². The summed E-state index contributed by atoms with van der Waals surface area (Å²) in [7, 11) is -3.56. The third-order valence-electron chi connectivity index (χ3n) is 3.14. The van der Waals surface area contributed by atoms with Crippen molar-refractivity contribution in [3.8, 4) is 0 Å². The van der Waals surface area contributed by atoms with Crippen LogP contribution in [0.1, 0.15) is 18.9 Å². The summed E-state index contributed by atoms with van der Waals surface area (Å²) in [6, 6.07) is 14.1. The molecule has 0 amide bonds. The molecule has 3 nitrogen and oxygen atoms in total. The van der Waals surface area contributed by atoms with Gasteiger partial charge in [0.25, 0.3) is 10.0 Å². The molecule has 0 spiro atoms. The average molecular weight is 380 g/mol. The normalized spacial score (nSPS) is 11.7. The second kappa shape index (κ2) is 7.61. The molecule has 2 aromatic rings. The fraction of sp³-hybridized carbons (Fsp3) is 0.176. The van der Waals surface area contributed by atoms with Crippen molar-refractivity contribution in [3.63, 3.8) is 0 Å². The molecule has 2 aromatic carbocycles. The van der Waals surface area contributed by atoms with Crippen LogP contribution in [-0.2, 0) is 16.4 Å². The molecule has 0 aliphatic rings. The molecule has 116 valence electrons. The van der Waals surface area contributed by atoms with Gasteiger partial charge in [0.1, 0.15) is 0 Å². The molecule has 0 atom stereocenters. The van der Waals surface area contributed by atoms with Gasteiger partial charge in [0.15, 0.2) is 0 Å². The Hall–Kier alpha value is -1.59. The minimum Gasteiger partial charge on any atom is -0.280 e. The molecule has 0 bridgehead atoms. The van der Waals surface area contributed by atoms with Crippen LogP contribution in [0.15, 0.2) is 70.1 Å². The summed E-state index contributed by atoms with van der Waals surface area (Å²) in [6.07, 6.45) is 5.94. The van der Waals surface area contributed by atoms with Crippen LogP contribution >= 0.6 is 15.9 Å². The quantitative estimate of drug-likeness (QED) is 0.735. The molecule has 0 aromatic heterocycles. The summed E-state index contributed by atoms with van der Waals surface area (Å²) >= 11 is 3.30. The number of nitrogens with one attached hydrogen (secondary N) is 1. The zero-order valence-corrected chi connectivity index (χ0v) is 14.7. The number of rotatable bonds is 6. The first kappa shape index (κ1) is 16.8. The lowest BCUT2D eigenvalue weighted by atomic mass is 10.1. The van der Waals surface area contributed by atoms with Crippen molar-refractivity contribution in [2.45, 2.75) is 24.7 Å². The van der Waals surface area contributed by atoms with Crippen molar-refractivity contribution in [2.24, 2.45) is 0 Å². The van der Waals surface area contributed by atoms with E-state index in [9.17, 15) is 8.42 Å². The Bertz CT molecular complexity index is 752. The molecule has 0 unspecified atom stereocenters. The number of hydrogen-bond acceptors (Lipinski definition) is 2. The van der Waals surface area contributed by atoms with E-state index in [1.165, 1.54) is 0 Å². The smallest absolute Gasteiger partial charge is 0.261 e. The highest BCUT2D eigenvalue weighted by Crippen LogP contribution is 2.19. The second-order valence-electron chi connectivity index (χ2n) is 4.87. The van der Waals surface area contributed by atoms with Crippen LogP contribution in [0.5, 0.6) is 0 Å². The molecule has 0 saturated heterocycles. The fourth-order valence-corrected chi connectivity index (χ4v) is 3.35. The molecule has 5 heteroatoms. The first-order valence-electron chi connectivity index (χ1n) is 7.00. The lowest BCUT2D eigenvalue weighted by molar-refractivity contribution is 0.601. The first-order chi connectivity index (χ1) is 10.5. The van der Waals surface area contributed by atoms with Crippen molar-refractivity contribution in [1.82, 2.24) is 0 Å². The summed E-state index contributed by atoms with van der Waals surface area (Å²) in [6.45, 7) is 1.99. The molecule has 0 aliphatic carbocycles. The first-order valence-corrected chi connectivity index (χ1v) is 9.27. The summed E-state index contributed by atoms with van der Waals surface area (Å²) in [5, 5.41) is 0. The molecule has 0 saturated carbocycles. The van der Waals surface area contributed by atoms with Gasteiger partial charge >= 0.3 is 0 Å². The van der Waals surface area contributed by atoms with Crippen molar-refractivity contribution in [3.05, 3.63) is 70.7 Å². The average Bonchev–Trinajstić information content (AvgIpc) is 2.48. The molecular formula is C17H18BrNO2S. The number of halogens is 1. The van der Waals surface area contributed by atoms with Gasteiger partial charge < -0.3 is 0 Å². The predicted octanol–water partition coefficient (Wildman–Crippen LogP) is 4.76. The van der Waals surface area contributed by atoms with Gasteiger partial charge in [0.2, 0.25) is 0 Å². The minimum atomic E-state index is -3.56. The third kappa shape index (κ3) is 4.71. The molecule has 2 rings (SSSR count). The molecule has 0 aliphatic heterocycles. The van der Waals surface area contributed by atoms with E-state index in [4.69, 9.17) is 0 Å². The lowest BCUT2D eigenvalue weighted by Gasteiger charge is -2.09. The Morgan fingerprint density at radius 2 is 1.86 bits per heavy atom. The van der Waals surface area contributed by atoms with Crippen LogP contribution in [0, 0.1) is 0 Å². The molecule has 1 N–H and O–H groups in total. The van der Waals surface area contributed by atoms with Crippen molar-refractivity contribution < 1.29 is 8.42 Å². The summed E-state index contributed by atoms with van der Waals surface area (Å²) in [4.78, 5) is 0.245. The number of hydrogen-bond donors (Lipinski definition) is 1. The second-order valence-corrected chi connectivity index (χ2v) is 7.47. The zero-order chi connectivity index (χ0) is 16.0. The standard InChI is InChI=1S/C17H18BrNO2S/c1-2-3-4-6-14-7-5-8-16(13-14)19-22(20,21)17-11-9-15(18)10-12-17/h2-3,5,7-13,19H,4,6H2,1H3/b3-2+. The van der Waals surface area contributed by atoms with Crippen molar-refractivity contribution in [1.29, 1.82) is 0 Å². The third-order valence-corrected chi connectivity index (χ3v) is 5.06. The summed E-state index contributed by atoms with van der Waals surface area (Å²) < 4.78 is 28.2. The fourth-order valence-electron chi connectivity index (χ4n) is 2.03. The van der Waals surface area contributed by atoms with Crippen molar-refractivity contribution in [2.75, 3.05) is 4.72 Å². The molecule has 22 heavy (non-hydrogen) atoms. The predicted molar refractivity (Wildman–Crippen MR) is 94.5 cm³/mol. The molecule has 0 fully saturated rings. The highest BCUT2D eigenvalue weighted by atomic mass is 79.9.